The van der Waals surface area contributed by atoms with E-state index in [1.807, 2.05) is 36.4 Å². The first-order chi connectivity index (χ1) is 15.7. The van der Waals surface area contributed by atoms with Gasteiger partial charge in [0.1, 0.15) is 5.82 Å². The van der Waals surface area contributed by atoms with Crippen molar-refractivity contribution in [1.82, 2.24) is 9.80 Å². The summed E-state index contributed by atoms with van der Waals surface area (Å²) in [4.78, 5) is 4.98. The highest BCUT2D eigenvalue weighted by Crippen LogP contribution is 2.46. The number of morpholine rings is 1. The molecule has 6 heteroatoms. The number of piperidine rings is 1. The van der Waals surface area contributed by atoms with Crippen LogP contribution in [0.15, 0.2) is 48.5 Å². The van der Waals surface area contributed by atoms with Crippen molar-refractivity contribution in [3.63, 3.8) is 0 Å². The van der Waals surface area contributed by atoms with E-state index in [1.54, 1.807) is 0 Å². The SMILES string of the molecule is C[C@H]1CO[C@H](Cc2ccc(F)cc2)CN1CCN1CC[C@@](O)(c2ccc(Cl)cc2)C(C)(C)C1. The lowest BCUT2D eigenvalue weighted by Crippen LogP contribution is -2.57. The number of aliphatic hydroxyl groups is 1. The van der Waals surface area contributed by atoms with Crippen LogP contribution in [0.1, 0.15) is 38.3 Å². The number of benzene rings is 2. The molecular formula is C27H36ClFN2O2. The lowest BCUT2D eigenvalue weighted by molar-refractivity contribution is -0.127. The molecule has 2 aliphatic heterocycles. The Hall–Kier alpha value is -1.50. The van der Waals surface area contributed by atoms with Gasteiger partial charge in [0.15, 0.2) is 0 Å². The number of rotatable bonds is 6. The van der Waals surface area contributed by atoms with Crippen LogP contribution in [-0.4, -0.2) is 66.4 Å². The maximum Gasteiger partial charge on any atom is 0.123 e. The van der Waals surface area contributed by atoms with E-state index >= 15 is 0 Å². The molecule has 0 spiro atoms. The first kappa shape index (κ1) is 24.6. The molecule has 0 saturated carbocycles. The van der Waals surface area contributed by atoms with Gasteiger partial charge in [-0.1, -0.05) is 49.7 Å². The van der Waals surface area contributed by atoms with Crippen molar-refractivity contribution in [2.24, 2.45) is 5.41 Å². The number of nitrogens with zero attached hydrogens (tertiary/aromatic N) is 2. The summed E-state index contributed by atoms with van der Waals surface area (Å²) < 4.78 is 19.3. The molecule has 4 rings (SSSR count). The second kappa shape index (κ2) is 10.0. The molecule has 2 aromatic carbocycles. The van der Waals surface area contributed by atoms with Crippen molar-refractivity contribution < 1.29 is 14.2 Å². The molecule has 0 amide bonds. The summed E-state index contributed by atoms with van der Waals surface area (Å²) in [5.74, 6) is -0.203. The molecule has 0 aliphatic carbocycles. The maximum absolute atomic E-state index is 13.2. The molecule has 2 fully saturated rings. The number of likely N-dealkylation sites (tertiary alicyclic amines) is 1. The molecule has 33 heavy (non-hydrogen) atoms. The first-order valence-corrected chi connectivity index (χ1v) is 12.3. The van der Waals surface area contributed by atoms with Crippen LogP contribution in [0.3, 0.4) is 0 Å². The van der Waals surface area contributed by atoms with Crippen molar-refractivity contribution in [2.75, 3.05) is 39.3 Å². The van der Waals surface area contributed by atoms with Crippen molar-refractivity contribution >= 4 is 11.6 Å². The molecule has 0 aromatic heterocycles. The third kappa shape index (κ3) is 5.60. The highest BCUT2D eigenvalue weighted by atomic mass is 35.5. The molecule has 3 atom stereocenters. The number of hydrogen-bond donors (Lipinski definition) is 1. The van der Waals surface area contributed by atoms with Crippen LogP contribution in [0.4, 0.5) is 4.39 Å². The van der Waals surface area contributed by atoms with Gasteiger partial charge in [-0.25, -0.2) is 4.39 Å². The van der Waals surface area contributed by atoms with Crippen LogP contribution >= 0.6 is 11.6 Å². The Labute approximate surface area is 202 Å². The van der Waals surface area contributed by atoms with E-state index in [0.717, 1.165) is 50.3 Å². The van der Waals surface area contributed by atoms with E-state index in [1.165, 1.54) is 12.1 Å². The predicted octanol–water partition coefficient (Wildman–Crippen LogP) is 4.73. The van der Waals surface area contributed by atoms with Crippen molar-refractivity contribution in [3.05, 3.63) is 70.5 Å². The van der Waals surface area contributed by atoms with Gasteiger partial charge in [-0.05, 0) is 55.2 Å². The number of hydrogen-bond acceptors (Lipinski definition) is 4. The molecular weight excluding hydrogens is 439 g/mol. The lowest BCUT2D eigenvalue weighted by Gasteiger charge is -2.51. The Morgan fingerprint density at radius 1 is 1.09 bits per heavy atom. The Balaban J connectivity index is 1.33. The van der Waals surface area contributed by atoms with E-state index in [9.17, 15) is 9.50 Å². The van der Waals surface area contributed by atoms with Gasteiger partial charge in [-0.3, -0.25) is 4.90 Å². The third-order valence-electron chi connectivity index (χ3n) is 7.56. The van der Waals surface area contributed by atoms with Crippen LogP contribution in [0.25, 0.3) is 0 Å². The van der Waals surface area contributed by atoms with Gasteiger partial charge in [-0.2, -0.15) is 0 Å². The van der Waals surface area contributed by atoms with E-state index in [4.69, 9.17) is 16.3 Å². The van der Waals surface area contributed by atoms with Crippen molar-refractivity contribution in [2.45, 2.75) is 51.4 Å². The largest absolute Gasteiger partial charge is 0.385 e. The van der Waals surface area contributed by atoms with Gasteiger partial charge in [-0.15, -0.1) is 0 Å². The summed E-state index contributed by atoms with van der Waals surface area (Å²) in [5.41, 5.74) is 0.915. The zero-order valence-corrected chi connectivity index (χ0v) is 20.7. The predicted molar refractivity (Wildman–Crippen MR) is 131 cm³/mol. The van der Waals surface area contributed by atoms with Crippen molar-refractivity contribution in [1.29, 1.82) is 0 Å². The monoisotopic (exact) mass is 474 g/mol. The number of halogens is 2. The first-order valence-electron chi connectivity index (χ1n) is 12.0. The number of ether oxygens (including phenoxy) is 1. The minimum Gasteiger partial charge on any atom is -0.385 e. The average molecular weight is 475 g/mol. The molecule has 0 bridgehead atoms. The molecule has 0 unspecified atom stereocenters. The van der Waals surface area contributed by atoms with Gasteiger partial charge in [0.2, 0.25) is 0 Å². The Bertz CT molecular complexity index is 921. The molecule has 2 heterocycles. The lowest BCUT2D eigenvalue weighted by atomic mass is 9.66. The summed E-state index contributed by atoms with van der Waals surface area (Å²) in [5, 5.41) is 12.3. The summed E-state index contributed by atoms with van der Waals surface area (Å²) in [7, 11) is 0. The summed E-state index contributed by atoms with van der Waals surface area (Å²) in [6.07, 6.45) is 1.63. The Morgan fingerprint density at radius 3 is 2.45 bits per heavy atom. The molecule has 1 N–H and O–H groups in total. The summed E-state index contributed by atoms with van der Waals surface area (Å²) in [6, 6.07) is 14.7. The van der Waals surface area contributed by atoms with E-state index in [-0.39, 0.29) is 17.3 Å². The average Bonchev–Trinajstić information content (AvgIpc) is 2.78. The normalized spacial score (nSPS) is 28.7. The fourth-order valence-electron chi connectivity index (χ4n) is 5.34. The van der Waals surface area contributed by atoms with Gasteiger partial charge in [0, 0.05) is 49.2 Å². The third-order valence-corrected chi connectivity index (χ3v) is 7.82. The quantitative estimate of drug-likeness (QED) is 0.656. The smallest absolute Gasteiger partial charge is 0.123 e. The van der Waals surface area contributed by atoms with Crippen molar-refractivity contribution in [3.8, 4) is 0 Å². The maximum atomic E-state index is 13.2. The van der Waals surface area contributed by atoms with E-state index in [0.29, 0.717) is 24.1 Å². The van der Waals surface area contributed by atoms with E-state index < -0.39 is 5.60 Å². The molecule has 2 aliphatic rings. The van der Waals surface area contributed by atoms with Crippen LogP contribution in [0, 0.1) is 11.2 Å². The van der Waals surface area contributed by atoms with Crippen LogP contribution in [0.5, 0.6) is 0 Å². The van der Waals surface area contributed by atoms with Gasteiger partial charge < -0.3 is 14.7 Å². The molecule has 2 aromatic rings. The zero-order valence-electron chi connectivity index (χ0n) is 19.9. The second-order valence-corrected chi connectivity index (χ2v) is 10.8. The molecule has 2 saturated heterocycles. The standard InChI is InChI=1S/C27H36ClFN2O2/c1-20-18-33-25(16-21-4-10-24(29)11-5-21)17-31(20)15-14-30-13-12-27(32,26(2,3)19-30)22-6-8-23(28)9-7-22/h4-11,20,25,32H,12-19H2,1-3H3/t20-,25+,27+/m0/s1. The van der Waals surface area contributed by atoms with Crippen LogP contribution < -0.4 is 0 Å². The molecule has 180 valence electrons. The molecule has 4 nitrogen and oxygen atoms in total. The molecule has 0 radical (unpaired) electrons. The summed E-state index contributed by atoms with van der Waals surface area (Å²) >= 11 is 6.06. The minimum absolute atomic E-state index is 0.124. The Morgan fingerprint density at radius 2 is 1.79 bits per heavy atom. The fourth-order valence-corrected chi connectivity index (χ4v) is 5.47. The highest BCUT2D eigenvalue weighted by molar-refractivity contribution is 6.30. The fraction of sp³-hybridized carbons (Fsp3) is 0.556. The van der Waals surface area contributed by atoms with Gasteiger partial charge in [0.25, 0.3) is 0 Å². The second-order valence-electron chi connectivity index (χ2n) is 10.4. The van der Waals surface area contributed by atoms with E-state index in [2.05, 4.69) is 30.6 Å². The van der Waals surface area contributed by atoms with Gasteiger partial charge in [0.05, 0.1) is 18.3 Å². The zero-order chi connectivity index (χ0) is 23.6. The van der Waals surface area contributed by atoms with Crippen LogP contribution in [-0.2, 0) is 16.8 Å². The van der Waals surface area contributed by atoms with Crippen LogP contribution in [0.2, 0.25) is 5.02 Å². The minimum atomic E-state index is -0.861. The highest BCUT2D eigenvalue weighted by Gasteiger charge is 2.48. The topological polar surface area (TPSA) is 35.9 Å². The summed E-state index contributed by atoms with van der Waals surface area (Å²) in [6.45, 7) is 11.8. The van der Waals surface area contributed by atoms with Gasteiger partial charge >= 0.3 is 0 Å². The Kier molecular flexibility index (Phi) is 7.47.